The van der Waals surface area contributed by atoms with Crippen LogP contribution in [0, 0.1) is 12.7 Å². The molecule has 0 aliphatic carbocycles. The Bertz CT molecular complexity index is 1090. The molecule has 1 atom stereocenters. The maximum Gasteiger partial charge on any atom is 0.375 e. The molecule has 138 valence electrons. The molecule has 0 spiro atoms. The van der Waals surface area contributed by atoms with Gasteiger partial charge in [0.25, 0.3) is 5.91 Å². The number of anilines is 1. The lowest BCUT2D eigenvalue weighted by molar-refractivity contribution is -0.123. The van der Waals surface area contributed by atoms with Crippen LogP contribution in [0.15, 0.2) is 57.7 Å². The third-order valence-corrected chi connectivity index (χ3v) is 3.83. The van der Waals surface area contributed by atoms with Crippen molar-refractivity contribution in [3.63, 3.8) is 0 Å². The summed E-state index contributed by atoms with van der Waals surface area (Å²) in [6.45, 7) is 3.19. The number of hydrogen-bond acceptors (Lipinski definition) is 5. The van der Waals surface area contributed by atoms with Crippen LogP contribution >= 0.6 is 0 Å². The van der Waals surface area contributed by atoms with Gasteiger partial charge < -0.3 is 14.5 Å². The summed E-state index contributed by atoms with van der Waals surface area (Å²) in [6, 6.07) is 11.3. The second-order valence-corrected chi connectivity index (χ2v) is 6.02. The zero-order valence-corrected chi connectivity index (χ0v) is 14.6. The molecule has 0 bridgehead atoms. The predicted molar refractivity (Wildman–Crippen MR) is 97.1 cm³/mol. The van der Waals surface area contributed by atoms with E-state index in [1.165, 1.54) is 25.1 Å². The van der Waals surface area contributed by atoms with Crippen molar-refractivity contribution in [2.45, 2.75) is 20.0 Å². The van der Waals surface area contributed by atoms with Crippen molar-refractivity contribution < 1.29 is 23.1 Å². The first-order valence-electron chi connectivity index (χ1n) is 8.15. The Hall–Kier alpha value is -3.48. The van der Waals surface area contributed by atoms with Crippen molar-refractivity contribution >= 4 is 28.5 Å². The molecule has 27 heavy (non-hydrogen) atoms. The Morgan fingerprint density at radius 2 is 1.93 bits per heavy atom. The van der Waals surface area contributed by atoms with Gasteiger partial charge in [0.15, 0.2) is 11.5 Å². The molecule has 1 N–H and O–H groups in total. The van der Waals surface area contributed by atoms with E-state index in [0.29, 0.717) is 5.39 Å². The molecule has 0 fully saturated rings. The molecule has 0 saturated heterocycles. The van der Waals surface area contributed by atoms with Crippen LogP contribution in [0.25, 0.3) is 11.0 Å². The van der Waals surface area contributed by atoms with Gasteiger partial charge >= 0.3 is 5.97 Å². The Kier molecular flexibility index (Phi) is 5.03. The van der Waals surface area contributed by atoms with Gasteiger partial charge in [0, 0.05) is 11.8 Å². The van der Waals surface area contributed by atoms with E-state index in [1.54, 1.807) is 18.2 Å². The van der Waals surface area contributed by atoms with Crippen LogP contribution < -0.4 is 10.7 Å². The van der Waals surface area contributed by atoms with Crippen LogP contribution in [0.2, 0.25) is 0 Å². The van der Waals surface area contributed by atoms with Crippen molar-refractivity contribution in [1.82, 2.24) is 0 Å². The van der Waals surface area contributed by atoms with Crippen molar-refractivity contribution in [1.29, 1.82) is 0 Å². The number of benzene rings is 2. The third-order valence-electron chi connectivity index (χ3n) is 3.83. The second-order valence-electron chi connectivity index (χ2n) is 6.02. The molecular formula is C20H16FNO5. The average molecular weight is 369 g/mol. The first kappa shape index (κ1) is 18.3. The number of hydrogen-bond donors (Lipinski definition) is 1. The lowest BCUT2D eigenvalue weighted by atomic mass is 10.1. The molecule has 0 aliphatic rings. The normalized spacial score (nSPS) is 11.8. The topological polar surface area (TPSA) is 85.6 Å². The Morgan fingerprint density at radius 3 is 2.67 bits per heavy atom. The standard InChI is InChI=1S/C20H16FNO5/c1-11-6-7-17-15(8-11)16(23)10-18(27-17)20(25)26-12(2)19(24)22-14-5-3-4-13(21)9-14/h3-10,12H,1-2H3,(H,22,24)/t12-/m1/s1. The molecule has 7 heteroatoms. The summed E-state index contributed by atoms with van der Waals surface area (Å²) in [5.41, 5.74) is 0.976. The molecule has 0 unspecified atom stereocenters. The minimum atomic E-state index is -1.18. The fourth-order valence-corrected chi connectivity index (χ4v) is 2.45. The summed E-state index contributed by atoms with van der Waals surface area (Å²) < 4.78 is 23.6. The molecule has 1 heterocycles. The number of rotatable bonds is 4. The first-order valence-corrected chi connectivity index (χ1v) is 8.15. The molecule has 1 aromatic heterocycles. The highest BCUT2D eigenvalue weighted by Gasteiger charge is 2.21. The molecule has 3 rings (SSSR count). The van der Waals surface area contributed by atoms with Gasteiger partial charge in [-0.25, -0.2) is 9.18 Å². The lowest BCUT2D eigenvalue weighted by Crippen LogP contribution is -2.30. The largest absolute Gasteiger partial charge is 0.449 e. The van der Waals surface area contributed by atoms with E-state index in [9.17, 15) is 18.8 Å². The predicted octanol–water partition coefficient (Wildman–Crippen LogP) is 3.42. The van der Waals surface area contributed by atoms with Crippen LogP contribution in [0.5, 0.6) is 0 Å². The van der Waals surface area contributed by atoms with Crippen LogP contribution in [0.1, 0.15) is 23.0 Å². The van der Waals surface area contributed by atoms with E-state index >= 15 is 0 Å². The molecule has 6 nitrogen and oxygen atoms in total. The number of halogens is 1. The van der Waals surface area contributed by atoms with Gasteiger partial charge in [-0.15, -0.1) is 0 Å². The van der Waals surface area contributed by atoms with Crippen LogP contribution in [0.4, 0.5) is 10.1 Å². The Balaban J connectivity index is 1.74. The summed E-state index contributed by atoms with van der Waals surface area (Å²) in [7, 11) is 0. The highest BCUT2D eigenvalue weighted by Crippen LogP contribution is 2.16. The van der Waals surface area contributed by atoms with Crippen molar-refractivity contribution in [3.05, 3.63) is 75.9 Å². The number of fused-ring (bicyclic) bond motifs is 1. The van der Waals surface area contributed by atoms with E-state index in [-0.39, 0.29) is 22.5 Å². The van der Waals surface area contributed by atoms with Gasteiger partial charge in [-0.3, -0.25) is 9.59 Å². The van der Waals surface area contributed by atoms with Gasteiger partial charge in [0.05, 0.1) is 5.39 Å². The molecular weight excluding hydrogens is 353 g/mol. The zero-order valence-electron chi connectivity index (χ0n) is 14.6. The van der Waals surface area contributed by atoms with Gasteiger partial charge in [0.2, 0.25) is 5.76 Å². The third kappa shape index (κ3) is 4.20. The van der Waals surface area contributed by atoms with E-state index in [4.69, 9.17) is 9.15 Å². The van der Waals surface area contributed by atoms with E-state index < -0.39 is 23.8 Å². The first-order chi connectivity index (χ1) is 12.8. The maximum absolute atomic E-state index is 13.2. The summed E-state index contributed by atoms with van der Waals surface area (Å²) in [6.07, 6.45) is -1.18. The Labute approximate surface area is 153 Å². The van der Waals surface area contributed by atoms with E-state index in [0.717, 1.165) is 17.7 Å². The van der Waals surface area contributed by atoms with Crippen molar-refractivity contribution in [2.75, 3.05) is 5.32 Å². The second kappa shape index (κ2) is 7.41. The maximum atomic E-state index is 13.2. The highest BCUT2D eigenvalue weighted by molar-refractivity contribution is 5.97. The Morgan fingerprint density at radius 1 is 1.15 bits per heavy atom. The van der Waals surface area contributed by atoms with Gasteiger partial charge in [-0.05, 0) is 44.2 Å². The molecule has 0 aliphatic heterocycles. The summed E-state index contributed by atoms with van der Waals surface area (Å²) >= 11 is 0. The van der Waals surface area contributed by atoms with E-state index in [1.807, 2.05) is 6.92 Å². The molecule has 1 amide bonds. The molecule has 0 saturated carbocycles. The number of carbonyl (C=O) groups excluding carboxylic acids is 2. The minimum absolute atomic E-state index is 0.232. The SMILES string of the molecule is Cc1ccc2oc(C(=O)O[C@H](C)C(=O)Nc3cccc(F)c3)cc(=O)c2c1. The van der Waals surface area contributed by atoms with Crippen molar-refractivity contribution in [3.8, 4) is 0 Å². The molecule has 2 aromatic carbocycles. The lowest BCUT2D eigenvalue weighted by Gasteiger charge is -2.13. The van der Waals surface area contributed by atoms with Crippen LogP contribution in [0.3, 0.4) is 0 Å². The summed E-state index contributed by atoms with van der Waals surface area (Å²) in [5, 5.41) is 2.79. The number of esters is 1. The van der Waals surface area contributed by atoms with Gasteiger partial charge in [0.1, 0.15) is 11.4 Å². The fraction of sp³-hybridized carbons (Fsp3) is 0.150. The van der Waals surface area contributed by atoms with E-state index in [2.05, 4.69) is 5.32 Å². The molecule has 0 radical (unpaired) electrons. The monoisotopic (exact) mass is 369 g/mol. The summed E-state index contributed by atoms with van der Waals surface area (Å²) in [4.78, 5) is 36.5. The quantitative estimate of drug-likeness (QED) is 0.712. The number of amides is 1. The number of ether oxygens (including phenoxy) is 1. The van der Waals surface area contributed by atoms with Gasteiger partial charge in [-0.2, -0.15) is 0 Å². The zero-order chi connectivity index (χ0) is 19.6. The van der Waals surface area contributed by atoms with Crippen LogP contribution in [-0.2, 0) is 9.53 Å². The van der Waals surface area contributed by atoms with Gasteiger partial charge in [-0.1, -0.05) is 17.7 Å². The van der Waals surface area contributed by atoms with Crippen LogP contribution in [-0.4, -0.2) is 18.0 Å². The highest BCUT2D eigenvalue weighted by atomic mass is 19.1. The smallest absolute Gasteiger partial charge is 0.375 e. The average Bonchev–Trinajstić information content (AvgIpc) is 2.62. The number of carbonyl (C=O) groups is 2. The van der Waals surface area contributed by atoms with Crippen molar-refractivity contribution in [2.24, 2.45) is 0 Å². The minimum Gasteiger partial charge on any atom is -0.449 e. The molecule has 3 aromatic rings. The fourth-order valence-electron chi connectivity index (χ4n) is 2.45. The summed E-state index contributed by atoms with van der Waals surface area (Å²) in [5.74, 6) is -2.41. The number of aryl methyl sites for hydroxylation is 1. The number of nitrogens with one attached hydrogen (secondary N) is 1.